The number of nitrogens with zero attached hydrogens (tertiary/aromatic N) is 4. The summed E-state index contributed by atoms with van der Waals surface area (Å²) < 4.78 is 1.66. The van der Waals surface area contributed by atoms with E-state index in [1.807, 2.05) is 17.0 Å². The number of hydrogen-bond donors (Lipinski definition) is 0. The molecule has 1 heterocycles. The minimum Gasteiger partial charge on any atom is -0.330 e. The smallest absolute Gasteiger partial charge is 0.225 e. The van der Waals surface area contributed by atoms with Gasteiger partial charge in [0.2, 0.25) is 5.91 Å². The van der Waals surface area contributed by atoms with Gasteiger partial charge in [-0.2, -0.15) is 5.10 Å². The summed E-state index contributed by atoms with van der Waals surface area (Å²) in [5.74, 6) is 0.0593. The van der Waals surface area contributed by atoms with E-state index in [1.165, 1.54) is 17.5 Å². The maximum atomic E-state index is 12.7. The number of carbonyl (C=O) groups is 1. The molecule has 0 N–H and O–H groups in total. The molecule has 6 heteroatoms. The summed E-state index contributed by atoms with van der Waals surface area (Å²) in [6, 6.07) is 8.36. The first kappa shape index (κ1) is 15.7. The average Bonchev–Trinajstić information content (AvgIpc) is 3.19. The van der Waals surface area contributed by atoms with Gasteiger partial charge in [0.25, 0.3) is 0 Å². The minimum absolute atomic E-state index is 0.0593. The standard InChI is InChI=1S/C17H19ClN4O/c1-13(18)10-22(17(23)8-9-21-12-19-11-20-21)16-7-6-14-4-2-3-5-15(14)16/h2-5,11-12,16H,1,6-10H2/t16-/m1/s1. The minimum atomic E-state index is 0.0593. The van der Waals surface area contributed by atoms with Crippen molar-refractivity contribution in [3.8, 4) is 0 Å². The zero-order valence-corrected chi connectivity index (χ0v) is 13.6. The first-order valence-electron chi connectivity index (χ1n) is 7.68. The molecule has 1 aliphatic rings. The summed E-state index contributed by atoms with van der Waals surface area (Å²) in [6.07, 6.45) is 5.37. The van der Waals surface area contributed by atoms with E-state index < -0.39 is 0 Å². The van der Waals surface area contributed by atoms with Gasteiger partial charge in [0, 0.05) is 11.5 Å². The topological polar surface area (TPSA) is 51.0 Å². The summed E-state index contributed by atoms with van der Waals surface area (Å²) in [5, 5.41) is 4.51. The van der Waals surface area contributed by atoms with Crippen molar-refractivity contribution in [1.29, 1.82) is 0 Å². The summed E-state index contributed by atoms with van der Waals surface area (Å²) in [7, 11) is 0. The Labute approximate surface area is 140 Å². The molecule has 120 valence electrons. The Morgan fingerprint density at radius 3 is 3.00 bits per heavy atom. The van der Waals surface area contributed by atoms with Crippen LogP contribution < -0.4 is 0 Å². The molecule has 2 aromatic rings. The molecule has 0 aliphatic heterocycles. The quantitative estimate of drug-likeness (QED) is 0.818. The molecule has 0 bridgehead atoms. The highest BCUT2D eigenvalue weighted by Gasteiger charge is 2.30. The van der Waals surface area contributed by atoms with E-state index in [0.29, 0.717) is 24.5 Å². The van der Waals surface area contributed by atoms with Crippen LogP contribution in [0, 0.1) is 0 Å². The van der Waals surface area contributed by atoms with Crippen LogP contribution in [0.2, 0.25) is 0 Å². The first-order valence-corrected chi connectivity index (χ1v) is 8.06. The molecule has 5 nitrogen and oxygen atoms in total. The summed E-state index contributed by atoms with van der Waals surface area (Å²) >= 11 is 6.01. The van der Waals surface area contributed by atoms with Crippen molar-refractivity contribution in [2.24, 2.45) is 0 Å². The number of amides is 1. The van der Waals surface area contributed by atoms with E-state index in [0.717, 1.165) is 12.8 Å². The maximum absolute atomic E-state index is 12.7. The molecule has 3 rings (SSSR count). The Morgan fingerprint density at radius 2 is 2.26 bits per heavy atom. The predicted molar refractivity (Wildman–Crippen MR) is 88.8 cm³/mol. The monoisotopic (exact) mass is 330 g/mol. The number of benzene rings is 1. The van der Waals surface area contributed by atoms with Crippen LogP contribution in [-0.2, 0) is 17.8 Å². The van der Waals surface area contributed by atoms with Crippen LogP contribution >= 0.6 is 11.6 Å². The van der Waals surface area contributed by atoms with Crippen LogP contribution in [0.25, 0.3) is 0 Å². The molecule has 23 heavy (non-hydrogen) atoms. The second kappa shape index (κ2) is 6.96. The second-order valence-corrected chi connectivity index (χ2v) is 6.24. The van der Waals surface area contributed by atoms with Gasteiger partial charge in [-0.15, -0.1) is 0 Å². The molecule has 0 saturated heterocycles. The number of aryl methyl sites for hydroxylation is 2. The fourth-order valence-electron chi connectivity index (χ4n) is 3.12. The van der Waals surface area contributed by atoms with Gasteiger partial charge in [0.05, 0.1) is 19.1 Å². The molecule has 1 aliphatic carbocycles. The first-order chi connectivity index (χ1) is 11.1. The molecule has 0 unspecified atom stereocenters. The van der Waals surface area contributed by atoms with Gasteiger partial charge in [-0.3, -0.25) is 9.48 Å². The lowest BCUT2D eigenvalue weighted by Crippen LogP contribution is -2.35. The van der Waals surface area contributed by atoms with E-state index >= 15 is 0 Å². The normalized spacial score (nSPS) is 16.1. The van der Waals surface area contributed by atoms with Crippen LogP contribution in [0.3, 0.4) is 0 Å². The molecule has 1 aromatic heterocycles. The molecular weight excluding hydrogens is 312 g/mol. The van der Waals surface area contributed by atoms with E-state index in [4.69, 9.17) is 11.6 Å². The van der Waals surface area contributed by atoms with Crippen LogP contribution in [-0.4, -0.2) is 32.1 Å². The van der Waals surface area contributed by atoms with Crippen LogP contribution in [0.4, 0.5) is 0 Å². The van der Waals surface area contributed by atoms with Gasteiger partial charge in [0.1, 0.15) is 12.7 Å². The Morgan fingerprint density at radius 1 is 1.43 bits per heavy atom. The van der Waals surface area contributed by atoms with Gasteiger partial charge < -0.3 is 4.90 Å². The molecule has 1 aromatic carbocycles. The lowest BCUT2D eigenvalue weighted by Gasteiger charge is -2.29. The lowest BCUT2D eigenvalue weighted by molar-refractivity contribution is -0.133. The summed E-state index contributed by atoms with van der Waals surface area (Å²) in [6.45, 7) is 4.64. The molecule has 1 amide bonds. The van der Waals surface area contributed by atoms with Crippen molar-refractivity contribution < 1.29 is 4.79 Å². The van der Waals surface area contributed by atoms with Crippen LogP contribution in [0.1, 0.15) is 30.0 Å². The van der Waals surface area contributed by atoms with Gasteiger partial charge in [-0.05, 0) is 24.0 Å². The lowest BCUT2D eigenvalue weighted by atomic mass is 10.1. The predicted octanol–water partition coefficient (Wildman–Crippen LogP) is 2.94. The van der Waals surface area contributed by atoms with E-state index in [2.05, 4.69) is 28.8 Å². The van der Waals surface area contributed by atoms with Gasteiger partial charge >= 0.3 is 0 Å². The Hall–Kier alpha value is -2.14. The number of carbonyl (C=O) groups excluding carboxylic acids is 1. The number of rotatable bonds is 6. The average molecular weight is 331 g/mol. The number of halogens is 1. The van der Waals surface area contributed by atoms with Crippen molar-refractivity contribution >= 4 is 17.5 Å². The van der Waals surface area contributed by atoms with Crippen molar-refractivity contribution in [3.63, 3.8) is 0 Å². The van der Waals surface area contributed by atoms with Gasteiger partial charge in [-0.25, -0.2) is 4.98 Å². The fraction of sp³-hybridized carbons (Fsp3) is 0.353. The molecule has 0 radical (unpaired) electrons. The molecular formula is C17H19ClN4O. The highest BCUT2D eigenvalue weighted by atomic mass is 35.5. The van der Waals surface area contributed by atoms with Crippen LogP contribution in [0.15, 0.2) is 48.5 Å². The summed E-state index contributed by atoms with van der Waals surface area (Å²) in [4.78, 5) is 18.5. The Kier molecular flexibility index (Phi) is 4.76. The molecule has 0 saturated carbocycles. The largest absolute Gasteiger partial charge is 0.330 e. The third kappa shape index (κ3) is 3.62. The number of aromatic nitrogens is 3. The zero-order chi connectivity index (χ0) is 16.2. The third-order valence-electron chi connectivity index (χ3n) is 4.16. The van der Waals surface area contributed by atoms with E-state index in [1.54, 1.807) is 11.0 Å². The number of fused-ring (bicyclic) bond motifs is 1. The van der Waals surface area contributed by atoms with Crippen molar-refractivity contribution in [3.05, 3.63) is 59.7 Å². The SMILES string of the molecule is C=C(Cl)CN(C(=O)CCn1cncn1)[C@@H]1CCc2ccccc21. The van der Waals surface area contributed by atoms with Gasteiger partial charge in [-0.1, -0.05) is 42.4 Å². The molecule has 0 fully saturated rings. The third-order valence-corrected chi connectivity index (χ3v) is 4.28. The van der Waals surface area contributed by atoms with Crippen LogP contribution in [0.5, 0.6) is 0 Å². The Balaban J connectivity index is 1.75. The van der Waals surface area contributed by atoms with Gasteiger partial charge in [0.15, 0.2) is 0 Å². The highest BCUT2D eigenvalue weighted by Crippen LogP contribution is 2.36. The maximum Gasteiger partial charge on any atom is 0.225 e. The second-order valence-electron chi connectivity index (χ2n) is 5.70. The van der Waals surface area contributed by atoms with Crippen molar-refractivity contribution in [1.82, 2.24) is 19.7 Å². The summed E-state index contributed by atoms with van der Waals surface area (Å²) in [5.41, 5.74) is 2.53. The fourth-order valence-corrected chi connectivity index (χ4v) is 3.25. The molecule has 0 spiro atoms. The van der Waals surface area contributed by atoms with Crippen molar-refractivity contribution in [2.45, 2.75) is 31.8 Å². The number of hydrogen-bond acceptors (Lipinski definition) is 3. The zero-order valence-electron chi connectivity index (χ0n) is 12.9. The Bertz CT molecular complexity index is 698. The highest BCUT2D eigenvalue weighted by molar-refractivity contribution is 6.29. The van der Waals surface area contributed by atoms with E-state index in [-0.39, 0.29) is 11.9 Å². The van der Waals surface area contributed by atoms with Crippen molar-refractivity contribution in [2.75, 3.05) is 6.54 Å². The van der Waals surface area contributed by atoms with E-state index in [9.17, 15) is 4.79 Å². The molecule has 1 atom stereocenters.